The third kappa shape index (κ3) is 3.62. The molecule has 1 aliphatic heterocycles. The number of carbonyl (C=O) groups is 2. The van der Waals surface area contributed by atoms with Crippen LogP contribution < -0.4 is 10.1 Å². The van der Waals surface area contributed by atoms with Crippen LogP contribution in [-0.4, -0.2) is 22.9 Å². The van der Waals surface area contributed by atoms with Crippen LogP contribution >= 0.6 is 11.6 Å². The van der Waals surface area contributed by atoms with Gasteiger partial charge in [0, 0.05) is 16.1 Å². The monoisotopic (exact) mass is 390 g/mol. The maximum atomic E-state index is 13.4. The number of ether oxygens (including phenoxy) is 1. The van der Waals surface area contributed by atoms with Crippen molar-refractivity contribution in [3.8, 4) is 5.75 Å². The summed E-state index contributed by atoms with van der Waals surface area (Å²) < 4.78 is 19.1. The predicted octanol–water partition coefficient (Wildman–Crippen LogP) is 4.23. The largest absolute Gasteiger partial charge is 0.491 e. The van der Waals surface area contributed by atoms with Gasteiger partial charge in [0.25, 0.3) is 5.91 Å². The molecule has 0 radical (unpaired) electrons. The van der Waals surface area contributed by atoms with Gasteiger partial charge in [0.2, 0.25) is 0 Å². The lowest BCUT2D eigenvalue weighted by Crippen LogP contribution is -2.41. The fraction of sp³-hybridized carbons (Fsp3) is 0.300. The third-order valence-corrected chi connectivity index (χ3v) is 4.72. The van der Waals surface area contributed by atoms with Crippen molar-refractivity contribution in [2.45, 2.75) is 39.0 Å². The molecular weight excluding hydrogens is 371 g/mol. The number of nitrogens with one attached hydrogen (secondary N) is 1. The number of imide groups is 1. The first kappa shape index (κ1) is 19.2. The number of nitrogens with zero attached hydrogens (tertiary/aromatic N) is 1. The topological polar surface area (TPSA) is 58.6 Å². The Hall–Kier alpha value is -2.60. The minimum absolute atomic E-state index is 0.0439. The van der Waals surface area contributed by atoms with Crippen LogP contribution in [0.5, 0.6) is 5.75 Å². The standard InChI is InChI=1S/C20H20ClFN2O3/c1-12(2)27-17-7-5-4-6-13(17)11-24-18(25)20(3,23-19(24)26)15-9-8-14(22)10-16(15)21/h4-10,12H,11H2,1-3H3,(H,23,26). The zero-order valence-corrected chi connectivity index (χ0v) is 16.0. The van der Waals surface area contributed by atoms with Crippen LogP contribution in [0.25, 0.3) is 0 Å². The zero-order valence-electron chi connectivity index (χ0n) is 15.3. The molecule has 3 amide bonds. The molecule has 0 bridgehead atoms. The summed E-state index contributed by atoms with van der Waals surface area (Å²) in [6.45, 7) is 5.42. The van der Waals surface area contributed by atoms with Crippen LogP contribution in [0.4, 0.5) is 9.18 Å². The van der Waals surface area contributed by atoms with E-state index in [9.17, 15) is 14.0 Å². The number of para-hydroxylation sites is 1. The molecule has 0 spiro atoms. The summed E-state index contributed by atoms with van der Waals surface area (Å²) in [4.78, 5) is 26.7. The molecule has 0 aromatic heterocycles. The number of amides is 3. The normalized spacial score (nSPS) is 19.6. The van der Waals surface area contributed by atoms with Crippen molar-refractivity contribution in [2.24, 2.45) is 0 Å². The van der Waals surface area contributed by atoms with Crippen LogP contribution in [0.2, 0.25) is 5.02 Å². The molecule has 27 heavy (non-hydrogen) atoms. The van der Waals surface area contributed by atoms with E-state index in [1.165, 1.54) is 12.1 Å². The molecule has 1 atom stereocenters. The van der Waals surface area contributed by atoms with Gasteiger partial charge in [-0.05, 0) is 39.0 Å². The van der Waals surface area contributed by atoms with E-state index in [0.29, 0.717) is 16.9 Å². The molecule has 1 saturated heterocycles. The molecule has 2 aromatic carbocycles. The minimum atomic E-state index is -1.37. The zero-order chi connectivity index (χ0) is 19.8. The first-order valence-corrected chi connectivity index (χ1v) is 8.94. The lowest BCUT2D eigenvalue weighted by Gasteiger charge is -2.23. The molecular formula is C20H20ClFN2O3. The molecule has 142 valence electrons. The molecule has 3 rings (SSSR count). The van der Waals surface area contributed by atoms with Gasteiger partial charge in [-0.3, -0.25) is 9.69 Å². The Bertz CT molecular complexity index is 903. The van der Waals surface area contributed by atoms with E-state index in [4.69, 9.17) is 16.3 Å². The van der Waals surface area contributed by atoms with Gasteiger partial charge in [0.1, 0.15) is 17.1 Å². The Kier molecular flexibility index (Phi) is 5.11. The average Bonchev–Trinajstić information content (AvgIpc) is 2.80. The van der Waals surface area contributed by atoms with E-state index in [1.54, 1.807) is 19.1 Å². The van der Waals surface area contributed by atoms with E-state index in [1.807, 2.05) is 26.0 Å². The SMILES string of the molecule is CC(C)Oc1ccccc1CN1C(=O)NC(C)(c2ccc(F)cc2Cl)C1=O. The second-order valence-corrected chi connectivity index (χ2v) is 7.25. The lowest BCUT2D eigenvalue weighted by atomic mass is 9.92. The van der Waals surface area contributed by atoms with Gasteiger partial charge in [0.15, 0.2) is 0 Å². The molecule has 1 fully saturated rings. The molecule has 1 N–H and O–H groups in total. The van der Waals surface area contributed by atoms with E-state index in [0.717, 1.165) is 11.0 Å². The molecule has 2 aromatic rings. The summed E-state index contributed by atoms with van der Waals surface area (Å²) in [5.41, 5.74) is -0.308. The number of halogens is 2. The highest BCUT2D eigenvalue weighted by Crippen LogP contribution is 2.35. The van der Waals surface area contributed by atoms with Gasteiger partial charge in [0.05, 0.1) is 12.6 Å². The molecule has 0 aliphatic carbocycles. The van der Waals surface area contributed by atoms with Crippen molar-refractivity contribution >= 4 is 23.5 Å². The summed E-state index contributed by atoms with van der Waals surface area (Å²) in [6, 6.07) is 10.4. The summed E-state index contributed by atoms with van der Waals surface area (Å²) in [7, 11) is 0. The first-order valence-electron chi connectivity index (χ1n) is 8.56. The highest BCUT2D eigenvalue weighted by molar-refractivity contribution is 6.32. The van der Waals surface area contributed by atoms with Gasteiger partial charge >= 0.3 is 6.03 Å². The number of carbonyl (C=O) groups excluding carboxylic acids is 2. The number of rotatable bonds is 5. The van der Waals surface area contributed by atoms with Crippen molar-refractivity contribution in [1.29, 1.82) is 0 Å². The Labute approximate surface area is 162 Å². The maximum absolute atomic E-state index is 13.4. The molecule has 1 unspecified atom stereocenters. The van der Waals surface area contributed by atoms with Crippen molar-refractivity contribution < 1.29 is 18.7 Å². The van der Waals surface area contributed by atoms with Crippen molar-refractivity contribution in [2.75, 3.05) is 0 Å². The number of hydrogen-bond donors (Lipinski definition) is 1. The number of hydrogen-bond acceptors (Lipinski definition) is 3. The molecule has 5 nitrogen and oxygen atoms in total. The Morgan fingerprint density at radius 1 is 1.22 bits per heavy atom. The van der Waals surface area contributed by atoms with E-state index in [-0.39, 0.29) is 17.7 Å². The maximum Gasteiger partial charge on any atom is 0.325 e. The van der Waals surface area contributed by atoms with E-state index in [2.05, 4.69) is 5.32 Å². The summed E-state index contributed by atoms with van der Waals surface area (Å²) in [5.74, 6) is -0.359. The third-order valence-electron chi connectivity index (χ3n) is 4.41. The second kappa shape index (κ2) is 7.19. The fourth-order valence-corrected chi connectivity index (χ4v) is 3.45. The molecule has 0 saturated carbocycles. The van der Waals surface area contributed by atoms with Gasteiger partial charge in [-0.1, -0.05) is 35.9 Å². The van der Waals surface area contributed by atoms with Crippen molar-refractivity contribution in [3.63, 3.8) is 0 Å². The van der Waals surface area contributed by atoms with Gasteiger partial charge in [-0.15, -0.1) is 0 Å². The van der Waals surface area contributed by atoms with Crippen LogP contribution in [0.15, 0.2) is 42.5 Å². The number of benzene rings is 2. The Balaban J connectivity index is 1.91. The predicted molar refractivity (Wildman–Crippen MR) is 100 cm³/mol. The van der Waals surface area contributed by atoms with Crippen molar-refractivity contribution in [1.82, 2.24) is 10.2 Å². The minimum Gasteiger partial charge on any atom is -0.491 e. The highest BCUT2D eigenvalue weighted by Gasteiger charge is 2.50. The van der Waals surface area contributed by atoms with Crippen molar-refractivity contribution in [3.05, 3.63) is 64.4 Å². The summed E-state index contributed by atoms with van der Waals surface area (Å²) >= 11 is 6.12. The van der Waals surface area contributed by atoms with E-state index >= 15 is 0 Å². The first-order chi connectivity index (χ1) is 12.7. The van der Waals surface area contributed by atoms with Crippen LogP contribution in [-0.2, 0) is 16.9 Å². The average molecular weight is 391 g/mol. The smallest absolute Gasteiger partial charge is 0.325 e. The highest BCUT2D eigenvalue weighted by atomic mass is 35.5. The van der Waals surface area contributed by atoms with Crippen LogP contribution in [0, 0.1) is 5.82 Å². The lowest BCUT2D eigenvalue weighted by molar-refractivity contribution is -0.131. The number of urea groups is 1. The molecule has 7 heteroatoms. The summed E-state index contributed by atoms with van der Waals surface area (Å²) in [5, 5.41) is 2.76. The van der Waals surface area contributed by atoms with E-state index < -0.39 is 23.3 Å². The second-order valence-electron chi connectivity index (χ2n) is 6.84. The van der Waals surface area contributed by atoms with Gasteiger partial charge in [-0.25, -0.2) is 9.18 Å². The Morgan fingerprint density at radius 3 is 2.59 bits per heavy atom. The van der Waals surface area contributed by atoms with Crippen LogP contribution in [0.3, 0.4) is 0 Å². The molecule has 1 aliphatic rings. The Morgan fingerprint density at radius 2 is 1.93 bits per heavy atom. The summed E-state index contributed by atoms with van der Waals surface area (Å²) in [6.07, 6.45) is -0.0439. The molecule has 1 heterocycles. The fourth-order valence-electron chi connectivity index (χ4n) is 3.09. The quantitative estimate of drug-likeness (QED) is 0.777. The van der Waals surface area contributed by atoms with Crippen LogP contribution in [0.1, 0.15) is 31.9 Å². The van der Waals surface area contributed by atoms with Gasteiger partial charge < -0.3 is 10.1 Å². The van der Waals surface area contributed by atoms with Gasteiger partial charge in [-0.2, -0.15) is 0 Å².